The Morgan fingerprint density at radius 1 is 1.14 bits per heavy atom. The molecule has 102 valence electrons. The smallest absolute Gasteiger partial charge is 0.231 e. The molecule has 0 bridgehead atoms. The molecule has 0 aliphatic heterocycles. The molecule has 0 amide bonds. The van der Waals surface area contributed by atoms with Gasteiger partial charge < -0.3 is 4.52 Å². The molecule has 0 radical (unpaired) electrons. The number of nitrogens with zero attached hydrogens (tertiary/aromatic N) is 4. The number of nitriles is 1. The lowest BCUT2D eigenvalue weighted by molar-refractivity contribution is 0.385. The minimum absolute atomic E-state index is 0.318. The SMILES string of the molecule is N#Cc1ccc(Cc2nc(-c3ccc(F)cn3)no2)cc1. The van der Waals surface area contributed by atoms with E-state index in [4.69, 9.17) is 9.78 Å². The van der Waals surface area contributed by atoms with E-state index in [1.54, 1.807) is 12.1 Å². The van der Waals surface area contributed by atoms with Crippen LogP contribution in [0.4, 0.5) is 4.39 Å². The van der Waals surface area contributed by atoms with Crippen LogP contribution in [0, 0.1) is 17.1 Å². The Bertz CT molecular complexity index is 788. The summed E-state index contributed by atoms with van der Waals surface area (Å²) < 4.78 is 18.0. The zero-order valence-electron chi connectivity index (χ0n) is 10.8. The quantitative estimate of drug-likeness (QED) is 0.737. The minimum Gasteiger partial charge on any atom is -0.339 e. The van der Waals surface area contributed by atoms with Gasteiger partial charge in [-0.1, -0.05) is 17.3 Å². The minimum atomic E-state index is -0.417. The molecule has 0 aliphatic rings. The van der Waals surface area contributed by atoms with Gasteiger partial charge in [0.1, 0.15) is 11.5 Å². The number of aromatic nitrogens is 3. The maximum absolute atomic E-state index is 12.8. The van der Waals surface area contributed by atoms with Crippen molar-refractivity contribution in [1.82, 2.24) is 15.1 Å². The van der Waals surface area contributed by atoms with Crippen molar-refractivity contribution >= 4 is 0 Å². The highest BCUT2D eigenvalue weighted by atomic mass is 19.1. The van der Waals surface area contributed by atoms with E-state index in [0.29, 0.717) is 29.4 Å². The van der Waals surface area contributed by atoms with Crippen LogP contribution in [0.5, 0.6) is 0 Å². The molecular formula is C15H9FN4O. The van der Waals surface area contributed by atoms with Crippen molar-refractivity contribution in [2.24, 2.45) is 0 Å². The zero-order chi connectivity index (χ0) is 14.7. The van der Waals surface area contributed by atoms with Crippen molar-refractivity contribution < 1.29 is 8.91 Å². The summed E-state index contributed by atoms with van der Waals surface area (Å²) in [6, 6.07) is 12.0. The second kappa shape index (κ2) is 5.51. The van der Waals surface area contributed by atoms with Crippen LogP contribution in [0.2, 0.25) is 0 Å². The molecule has 5 nitrogen and oxygen atoms in total. The fourth-order valence-corrected chi connectivity index (χ4v) is 1.81. The normalized spacial score (nSPS) is 10.3. The van der Waals surface area contributed by atoms with Crippen molar-refractivity contribution in [2.75, 3.05) is 0 Å². The molecule has 0 saturated carbocycles. The molecule has 2 aromatic heterocycles. The Morgan fingerprint density at radius 2 is 1.95 bits per heavy atom. The summed E-state index contributed by atoms with van der Waals surface area (Å²) in [5.41, 5.74) is 2.00. The predicted octanol–water partition coefficient (Wildman–Crippen LogP) is 2.73. The Morgan fingerprint density at radius 3 is 2.62 bits per heavy atom. The Kier molecular flexibility index (Phi) is 3.39. The Labute approximate surface area is 119 Å². The highest BCUT2D eigenvalue weighted by Gasteiger charge is 2.10. The van der Waals surface area contributed by atoms with E-state index in [2.05, 4.69) is 21.2 Å². The van der Waals surface area contributed by atoms with Gasteiger partial charge in [0, 0.05) is 0 Å². The molecule has 2 heterocycles. The van der Waals surface area contributed by atoms with E-state index >= 15 is 0 Å². The number of hydrogen-bond acceptors (Lipinski definition) is 5. The van der Waals surface area contributed by atoms with E-state index in [1.165, 1.54) is 12.1 Å². The van der Waals surface area contributed by atoms with Gasteiger partial charge in [0.25, 0.3) is 0 Å². The van der Waals surface area contributed by atoms with Gasteiger partial charge in [0.2, 0.25) is 11.7 Å². The maximum atomic E-state index is 12.8. The van der Waals surface area contributed by atoms with Crippen LogP contribution in [-0.4, -0.2) is 15.1 Å². The summed E-state index contributed by atoms with van der Waals surface area (Å²) >= 11 is 0. The summed E-state index contributed by atoms with van der Waals surface area (Å²) in [5.74, 6) is 0.333. The summed E-state index contributed by atoms with van der Waals surface area (Å²) in [7, 11) is 0. The highest BCUT2D eigenvalue weighted by molar-refractivity contribution is 5.47. The van der Waals surface area contributed by atoms with Crippen LogP contribution >= 0.6 is 0 Å². The predicted molar refractivity (Wildman–Crippen MR) is 71.5 cm³/mol. The average molecular weight is 280 g/mol. The van der Waals surface area contributed by atoms with Gasteiger partial charge in [-0.25, -0.2) is 9.37 Å². The molecule has 0 spiro atoms. The van der Waals surface area contributed by atoms with Crippen LogP contribution in [0.15, 0.2) is 47.1 Å². The van der Waals surface area contributed by atoms with Gasteiger partial charge in [0.05, 0.1) is 24.3 Å². The molecule has 1 aromatic carbocycles. The molecule has 21 heavy (non-hydrogen) atoms. The van der Waals surface area contributed by atoms with Crippen LogP contribution in [0.1, 0.15) is 17.0 Å². The molecule has 0 aliphatic carbocycles. The Balaban J connectivity index is 1.78. The third kappa shape index (κ3) is 2.92. The first-order chi connectivity index (χ1) is 10.2. The van der Waals surface area contributed by atoms with Gasteiger partial charge in [-0.2, -0.15) is 10.2 Å². The van der Waals surface area contributed by atoms with Crippen LogP contribution in [-0.2, 0) is 6.42 Å². The van der Waals surface area contributed by atoms with Crippen LogP contribution in [0.3, 0.4) is 0 Å². The lowest BCUT2D eigenvalue weighted by atomic mass is 10.1. The first kappa shape index (κ1) is 12.9. The van der Waals surface area contributed by atoms with Crippen molar-refractivity contribution in [1.29, 1.82) is 5.26 Å². The summed E-state index contributed by atoms with van der Waals surface area (Å²) in [6.07, 6.45) is 1.56. The number of pyridine rings is 1. The fourth-order valence-electron chi connectivity index (χ4n) is 1.81. The van der Waals surface area contributed by atoms with Crippen LogP contribution in [0.25, 0.3) is 11.5 Å². The molecule has 0 atom stereocenters. The van der Waals surface area contributed by atoms with E-state index < -0.39 is 5.82 Å². The molecule has 0 saturated heterocycles. The second-order valence-corrected chi connectivity index (χ2v) is 4.36. The molecule has 6 heteroatoms. The average Bonchev–Trinajstić information content (AvgIpc) is 2.97. The maximum Gasteiger partial charge on any atom is 0.231 e. The van der Waals surface area contributed by atoms with E-state index in [1.807, 2.05) is 12.1 Å². The molecule has 0 unspecified atom stereocenters. The van der Waals surface area contributed by atoms with E-state index in [9.17, 15) is 4.39 Å². The summed E-state index contributed by atoms with van der Waals surface area (Å²) in [4.78, 5) is 8.12. The van der Waals surface area contributed by atoms with Crippen molar-refractivity contribution in [3.8, 4) is 17.6 Å². The summed E-state index contributed by atoms with van der Waals surface area (Å²) in [6.45, 7) is 0. The highest BCUT2D eigenvalue weighted by Crippen LogP contribution is 2.15. The van der Waals surface area contributed by atoms with Crippen molar-refractivity contribution in [2.45, 2.75) is 6.42 Å². The van der Waals surface area contributed by atoms with Gasteiger partial charge in [-0.3, -0.25) is 0 Å². The van der Waals surface area contributed by atoms with Gasteiger partial charge >= 0.3 is 0 Å². The Hall–Kier alpha value is -3.07. The molecule has 3 rings (SSSR count). The molecule has 0 fully saturated rings. The monoisotopic (exact) mass is 280 g/mol. The largest absolute Gasteiger partial charge is 0.339 e. The van der Waals surface area contributed by atoms with Crippen molar-refractivity contribution in [3.05, 3.63) is 65.4 Å². The van der Waals surface area contributed by atoms with Crippen molar-refractivity contribution in [3.63, 3.8) is 0 Å². The number of halogens is 1. The first-order valence-electron chi connectivity index (χ1n) is 6.18. The molecule has 0 N–H and O–H groups in total. The van der Waals surface area contributed by atoms with Gasteiger partial charge in [0.15, 0.2) is 0 Å². The number of rotatable bonds is 3. The van der Waals surface area contributed by atoms with E-state index in [0.717, 1.165) is 11.8 Å². The molecule has 3 aromatic rings. The number of benzene rings is 1. The molecular weight excluding hydrogens is 271 g/mol. The topological polar surface area (TPSA) is 75.6 Å². The van der Waals surface area contributed by atoms with Gasteiger partial charge in [-0.15, -0.1) is 0 Å². The second-order valence-electron chi connectivity index (χ2n) is 4.36. The standard InChI is InChI=1S/C15H9FN4O/c16-12-5-6-13(18-9-12)15-19-14(21-20-15)7-10-1-3-11(8-17)4-2-10/h1-6,9H,7H2. The van der Waals surface area contributed by atoms with E-state index in [-0.39, 0.29) is 0 Å². The fraction of sp³-hybridized carbons (Fsp3) is 0.0667. The third-order valence-electron chi connectivity index (χ3n) is 2.86. The summed E-state index contributed by atoms with van der Waals surface area (Å²) in [5, 5.41) is 12.6. The van der Waals surface area contributed by atoms with Crippen LogP contribution < -0.4 is 0 Å². The lowest BCUT2D eigenvalue weighted by Crippen LogP contribution is -1.90. The first-order valence-corrected chi connectivity index (χ1v) is 6.18. The zero-order valence-corrected chi connectivity index (χ0v) is 10.8. The number of hydrogen-bond donors (Lipinski definition) is 0. The van der Waals surface area contributed by atoms with Gasteiger partial charge in [-0.05, 0) is 29.8 Å². The lowest BCUT2D eigenvalue weighted by Gasteiger charge is -1.96. The third-order valence-corrected chi connectivity index (χ3v) is 2.86.